The van der Waals surface area contributed by atoms with E-state index in [1.54, 1.807) is 0 Å². The van der Waals surface area contributed by atoms with E-state index in [1.807, 2.05) is 21.0 Å². The van der Waals surface area contributed by atoms with Gasteiger partial charge in [-0.25, -0.2) is 9.97 Å². The third-order valence-corrected chi connectivity index (χ3v) is 4.62. The van der Waals surface area contributed by atoms with E-state index >= 15 is 0 Å². The summed E-state index contributed by atoms with van der Waals surface area (Å²) in [6.07, 6.45) is 2.67. The first-order chi connectivity index (χ1) is 12.4. The maximum atomic E-state index is 6.13. The summed E-state index contributed by atoms with van der Waals surface area (Å²) in [6.45, 7) is 5.74. The zero-order valence-electron chi connectivity index (χ0n) is 16.4. The van der Waals surface area contributed by atoms with Gasteiger partial charge in [0.1, 0.15) is 0 Å². The van der Waals surface area contributed by atoms with Crippen LogP contribution in [0.1, 0.15) is 35.9 Å². The van der Waals surface area contributed by atoms with E-state index in [9.17, 15) is 0 Å². The number of likely N-dealkylation sites (N-methyl/N-ethyl adjacent to an activating group) is 1. The molecule has 0 aliphatic heterocycles. The summed E-state index contributed by atoms with van der Waals surface area (Å²) in [5.41, 5.74) is 17.6. The van der Waals surface area contributed by atoms with Crippen LogP contribution < -0.4 is 21.7 Å². The number of benzene rings is 1. The van der Waals surface area contributed by atoms with E-state index in [-0.39, 0.29) is 6.04 Å². The number of hydrogen-bond donors (Lipinski definition) is 3. The van der Waals surface area contributed by atoms with Crippen molar-refractivity contribution in [1.82, 2.24) is 15.3 Å². The Morgan fingerprint density at radius 2 is 1.77 bits per heavy atom. The number of nitrogen functional groups attached to an aromatic ring is 1. The van der Waals surface area contributed by atoms with Gasteiger partial charge in [-0.05, 0) is 44.4 Å². The van der Waals surface area contributed by atoms with Crippen LogP contribution >= 0.6 is 0 Å². The van der Waals surface area contributed by atoms with Crippen LogP contribution in [0.15, 0.2) is 24.3 Å². The molecule has 0 fully saturated rings. The third kappa shape index (κ3) is 5.41. The fourth-order valence-electron chi connectivity index (χ4n) is 3.18. The lowest BCUT2D eigenvalue weighted by atomic mass is 10.0. The minimum atomic E-state index is 0.129. The fraction of sp³-hybridized carbons (Fsp3) is 0.500. The lowest BCUT2D eigenvalue weighted by Crippen LogP contribution is -2.36. The summed E-state index contributed by atoms with van der Waals surface area (Å²) in [4.78, 5) is 11.0. The molecule has 0 aliphatic rings. The Labute approximate surface area is 157 Å². The number of nitrogens with one attached hydrogen (secondary N) is 1. The minimum Gasteiger partial charge on any atom is -0.370 e. The maximum absolute atomic E-state index is 6.13. The first-order valence-electron chi connectivity index (χ1n) is 9.26. The van der Waals surface area contributed by atoms with Gasteiger partial charge in [0.2, 0.25) is 5.95 Å². The third-order valence-electron chi connectivity index (χ3n) is 4.62. The van der Waals surface area contributed by atoms with Gasteiger partial charge in [0.05, 0.1) is 17.1 Å². The zero-order valence-corrected chi connectivity index (χ0v) is 16.4. The largest absolute Gasteiger partial charge is 0.370 e. The van der Waals surface area contributed by atoms with Crippen molar-refractivity contribution in [2.45, 2.75) is 45.7 Å². The Kier molecular flexibility index (Phi) is 7.36. The Bertz CT molecular complexity index is 698. The number of hydrogen-bond acceptors (Lipinski definition) is 6. The number of nitrogens with two attached hydrogens (primary N) is 2. The number of aryl methyl sites for hydroxylation is 3. The molecule has 0 saturated heterocycles. The van der Waals surface area contributed by atoms with E-state index in [1.165, 1.54) is 11.1 Å². The van der Waals surface area contributed by atoms with Gasteiger partial charge in [-0.3, -0.25) is 0 Å². The average Bonchev–Trinajstić information content (AvgIpc) is 2.60. The van der Waals surface area contributed by atoms with E-state index in [2.05, 4.69) is 51.4 Å². The molecule has 1 heterocycles. The van der Waals surface area contributed by atoms with Crippen molar-refractivity contribution in [3.8, 4) is 0 Å². The lowest BCUT2D eigenvalue weighted by molar-refractivity contribution is 0.635. The van der Waals surface area contributed by atoms with Gasteiger partial charge in [0.25, 0.3) is 0 Å². The van der Waals surface area contributed by atoms with E-state index in [4.69, 9.17) is 11.5 Å². The molecule has 2 rings (SSSR count). The van der Waals surface area contributed by atoms with Gasteiger partial charge in [-0.15, -0.1) is 0 Å². The molecule has 142 valence electrons. The number of anilines is 2. The molecule has 26 heavy (non-hydrogen) atoms. The van der Waals surface area contributed by atoms with Crippen molar-refractivity contribution >= 4 is 11.6 Å². The predicted molar refractivity (Wildman–Crippen MR) is 109 cm³/mol. The van der Waals surface area contributed by atoms with Crippen LogP contribution in [0, 0.1) is 6.92 Å². The Morgan fingerprint density at radius 1 is 1.12 bits per heavy atom. The topological polar surface area (TPSA) is 93.1 Å². The summed E-state index contributed by atoms with van der Waals surface area (Å²) in [5, 5.41) is 3.17. The van der Waals surface area contributed by atoms with Crippen LogP contribution in [-0.4, -0.2) is 36.6 Å². The van der Waals surface area contributed by atoms with E-state index in [0.29, 0.717) is 5.95 Å². The number of rotatable bonds is 9. The van der Waals surface area contributed by atoms with Gasteiger partial charge >= 0.3 is 0 Å². The van der Waals surface area contributed by atoms with Gasteiger partial charge in [0, 0.05) is 26.2 Å². The number of aromatic nitrogens is 2. The van der Waals surface area contributed by atoms with Crippen molar-refractivity contribution in [2.75, 3.05) is 31.3 Å². The summed E-state index contributed by atoms with van der Waals surface area (Å²) in [7, 11) is 4.01. The monoisotopic (exact) mass is 356 g/mol. The highest BCUT2D eigenvalue weighted by atomic mass is 15.2. The number of nitrogens with zero attached hydrogens (tertiary/aromatic N) is 3. The molecule has 6 heteroatoms. The minimum absolute atomic E-state index is 0.129. The second-order valence-corrected chi connectivity index (χ2v) is 6.86. The molecular weight excluding hydrogens is 324 g/mol. The molecule has 6 nitrogen and oxygen atoms in total. The van der Waals surface area contributed by atoms with E-state index in [0.717, 1.165) is 49.4 Å². The molecule has 0 aliphatic carbocycles. The molecule has 5 N–H and O–H groups in total. The van der Waals surface area contributed by atoms with Crippen LogP contribution in [-0.2, 0) is 19.4 Å². The molecule has 0 saturated carbocycles. The summed E-state index contributed by atoms with van der Waals surface area (Å²) < 4.78 is 0. The van der Waals surface area contributed by atoms with Crippen molar-refractivity contribution < 1.29 is 0 Å². The summed E-state index contributed by atoms with van der Waals surface area (Å²) >= 11 is 0. The SMILES string of the molecule is CCC(N)CN(C)c1c(C)nc(N)nc1CCc1ccc(CNC)cc1. The zero-order chi connectivity index (χ0) is 19.1. The Balaban J connectivity index is 2.16. The molecular formula is C20H32N6. The quantitative estimate of drug-likeness (QED) is 0.637. The Hall–Kier alpha value is -2.18. The lowest BCUT2D eigenvalue weighted by Gasteiger charge is -2.26. The molecule has 0 radical (unpaired) electrons. The van der Waals surface area contributed by atoms with Crippen LogP contribution in [0.2, 0.25) is 0 Å². The van der Waals surface area contributed by atoms with Crippen molar-refractivity contribution in [3.63, 3.8) is 0 Å². The second-order valence-electron chi connectivity index (χ2n) is 6.86. The van der Waals surface area contributed by atoms with Crippen LogP contribution in [0.3, 0.4) is 0 Å². The standard InChI is InChI=1S/C20H32N6/c1-5-17(21)13-26(4)19-14(2)24-20(22)25-18(19)11-10-15-6-8-16(9-7-15)12-23-3/h6-9,17,23H,5,10-13,21H2,1-4H3,(H2,22,24,25). The first-order valence-corrected chi connectivity index (χ1v) is 9.26. The Morgan fingerprint density at radius 3 is 2.38 bits per heavy atom. The molecule has 0 bridgehead atoms. The highest BCUT2D eigenvalue weighted by Gasteiger charge is 2.16. The molecule has 1 aromatic carbocycles. The second kappa shape index (κ2) is 9.50. The molecule has 2 aromatic rings. The van der Waals surface area contributed by atoms with Gasteiger partial charge in [0.15, 0.2) is 0 Å². The molecule has 0 spiro atoms. The summed E-state index contributed by atoms with van der Waals surface area (Å²) in [6, 6.07) is 8.82. The highest BCUT2D eigenvalue weighted by molar-refractivity contribution is 5.56. The van der Waals surface area contributed by atoms with Crippen molar-refractivity contribution in [2.24, 2.45) is 5.73 Å². The molecule has 1 aromatic heterocycles. The molecule has 1 atom stereocenters. The van der Waals surface area contributed by atoms with Gasteiger partial charge in [-0.1, -0.05) is 31.2 Å². The summed E-state index contributed by atoms with van der Waals surface area (Å²) in [5.74, 6) is 0.332. The molecule has 0 amide bonds. The van der Waals surface area contributed by atoms with Crippen LogP contribution in [0.25, 0.3) is 0 Å². The van der Waals surface area contributed by atoms with Crippen molar-refractivity contribution in [1.29, 1.82) is 0 Å². The van der Waals surface area contributed by atoms with Crippen LogP contribution in [0.5, 0.6) is 0 Å². The smallest absolute Gasteiger partial charge is 0.220 e. The molecule has 1 unspecified atom stereocenters. The fourth-order valence-corrected chi connectivity index (χ4v) is 3.18. The van der Waals surface area contributed by atoms with E-state index < -0.39 is 0 Å². The first kappa shape index (κ1) is 20.1. The highest BCUT2D eigenvalue weighted by Crippen LogP contribution is 2.24. The van der Waals surface area contributed by atoms with Crippen LogP contribution in [0.4, 0.5) is 11.6 Å². The normalized spacial score (nSPS) is 12.2. The predicted octanol–water partition coefficient (Wildman–Crippen LogP) is 2.05. The maximum Gasteiger partial charge on any atom is 0.220 e. The van der Waals surface area contributed by atoms with Gasteiger partial charge in [-0.2, -0.15) is 0 Å². The van der Waals surface area contributed by atoms with Gasteiger partial charge < -0.3 is 21.7 Å². The van der Waals surface area contributed by atoms with Crippen molar-refractivity contribution in [3.05, 3.63) is 46.8 Å². The average molecular weight is 357 g/mol.